The van der Waals surface area contributed by atoms with E-state index in [1.165, 1.54) is 4.80 Å². The average molecular weight is 628 g/mol. The first-order chi connectivity index (χ1) is 21.3. The molecule has 234 valence electrons. The monoisotopic (exact) mass is 627 g/mol. The maximum absolute atomic E-state index is 12.0. The van der Waals surface area contributed by atoms with E-state index < -0.39 is 17.5 Å². The first kappa shape index (κ1) is 32.4. The Morgan fingerprint density at radius 2 is 1.82 bits per heavy atom. The fourth-order valence-electron chi connectivity index (χ4n) is 4.48. The van der Waals surface area contributed by atoms with Crippen molar-refractivity contribution in [2.24, 2.45) is 0 Å². The molecule has 0 saturated heterocycles. The Morgan fingerprint density at radius 1 is 1.09 bits per heavy atom. The van der Waals surface area contributed by atoms with Gasteiger partial charge in [0.15, 0.2) is 5.15 Å². The topological polar surface area (TPSA) is 170 Å². The smallest absolute Gasteiger partial charge is 0.434 e. The van der Waals surface area contributed by atoms with E-state index >= 15 is 0 Å². The number of aromatic nitrogens is 6. The van der Waals surface area contributed by atoms with Crippen LogP contribution in [-0.2, 0) is 33.9 Å². The van der Waals surface area contributed by atoms with Crippen molar-refractivity contribution in [3.63, 3.8) is 0 Å². The highest BCUT2D eigenvalue weighted by Crippen LogP contribution is 2.30. The van der Waals surface area contributed by atoms with Crippen LogP contribution < -0.4 is 0 Å². The average Bonchev–Trinajstić information content (AvgIpc) is 3.62. The number of nitrogens with zero attached hydrogens (tertiary/aromatic N) is 7. The number of aryl methyl sites for hydroxylation is 1. The van der Waals surface area contributed by atoms with E-state index in [9.17, 15) is 20.0 Å². The van der Waals surface area contributed by atoms with E-state index in [1.54, 1.807) is 6.92 Å². The van der Waals surface area contributed by atoms with Gasteiger partial charge in [-0.2, -0.15) is 0 Å². The number of carbonyl (C=O) groups is 1. The van der Waals surface area contributed by atoms with Gasteiger partial charge >= 0.3 is 6.16 Å². The standard InChI is InChI=1S/C29H34ClN7O7/c1-3-4-11-26-31-27(30)25(19-38)35(26)18-21-12-14-22(15-13-21)23-9-5-6-10-24(23)28-32-34-36(33-28)20(2)44-29(39)42-16-7-8-17-43-37(40)41/h5-6,9-10,12-15,20,38H,3-4,7-8,11,16-19H2,1-2H3. The molecule has 15 heteroatoms. The normalized spacial score (nSPS) is 11.7. The maximum atomic E-state index is 12.0. The molecule has 0 aliphatic carbocycles. The molecule has 0 aliphatic rings. The summed E-state index contributed by atoms with van der Waals surface area (Å²) in [6, 6.07) is 15.7. The van der Waals surface area contributed by atoms with Crippen molar-refractivity contribution in [3.8, 4) is 22.5 Å². The molecule has 0 radical (unpaired) electrons. The minimum Gasteiger partial charge on any atom is -0.434 e. The number of tetrazole rings is 1. The summed E-state index contributed by atoms with van der Waals surface area (Å²) in [4.78, 5) is 32.0. The molecule has 2 aromatic heterocycles. The Bertz CT molecular complexity index is 1540. The molecule has 4 rings (SSSR count). The minimum absolute atomic E-state index is 0.0213. The van der Waals surface area contributed by atoms with E-state index in [-0.39, 0.29) is 19.8 Å². The van der Waals surface area contributed by atoms with Crippen LogP contribution >= 0.6 is 11.6 Å². The maximum Gasteiger partial charge on any atom is 0.510 e. The van der Waals surface area contributed by atoms with Crippen LogP contribution in [0, 0.1) is 10.1 Å². The Labute approximate surface area is 258 Å². The quantitative estimate of drug-likeness (QED) is 0.0730. The highest BCUT2D eigenvalue weighted by molar-refractivity contribution is 6.30. The van der Waals surface area contributed by atoms with Gasteiger partial charge in [-0.1, -0.05) is 73.5 Å². The van der Waals surface area contributed by atoms with Crippen LogP contribution in [0.5, 0.6) is 0 Å². The number of aliphatic hydroxyl groups is 1. The zero-order valence-electron chi connectivity index (χ0n) is 24.5. The Morgan fingerprint density at radius 3 is 2.52 bits per heavy atom. The van der Waals surface area contributed by atoms with Gasteiger partial charge in [-0.05, 0) is 48.1 Å². The molecular weight excluding hydrogens is 594 g/mol. The first-order valence-corrected chi connectivity index (χ1v) is 14.6. The van der Waals surface area contributed by atoms with Gasteiger partial charge in [0.1, 0.15) is 5.82 Å². The van der Waals surface area contributed by atoms with Gasteiger partial charge in [-0.25, -0.2) is 9.78 Å². The molecular formula is C29H34ClN7O7. The van der Waals surface area contributed by atoms with E-state index in [0.29, 0.717) is 36.1 Å². The van der Waals surface area contributed by atoms with Crippen LogP contribution in [0.15, 0.2) is 48.5 Å². The second-order valence-electron chi connectivity index (χ2n) is 9.87. The third-order valence-corrected chi connectivity index (χ3v) is 7.06. The van der Waals surface area contributed by atoms with Crippen LogP contribution in [0.1, 0.15) is 62.8 Å². The Kier molecular flexibility index (Phi) is 11.6. The van der Waals surface area contributed by atoms with Crippen molar-refractivity contribution in [2.75, 3.05) is 13.2 Å². The van der Waals surface area contributed by atoms with Gasteiger partial charge in [0.05, 0.1) is 25.5 Å². The van der Waals surface area contributed by atoms with Gasteiger partial charge < -0.3 is 24.0 Å². The van der Waals surface area contributed by atoms with Crippen LogP contribution in [-0.4, -0.2) is 59.3 Å². The largest absolute Gasteiger partial charge is 0.510 e. The van der Waals surface area contributed by atoms with Crippen molar-refractivity contribution in [3.05, 3.63) is 80.9 Å². The number of carbonyl (C=O) groups excluding carboxylic acids is 1. The molecule has 1 unspecified atom stereocenters. The van der Waals surface area contributed by atoms with Crippen molar-refractivity contribution < 1.29 is 29.3 Å². The lowest BCUT2D eigenvalue weighted by atomic mass is 9.98. The second-order valence-corrected chi connectivity index (χ2v) is 10.2. The highest BCUT2D eigenvalue weighted by atomic mass is 35.5. The van der Waals surface area contributed by atoms with Crippen LogP contribution in [0.25, 0.3) is 22.5 Å². The zero-order chi connectivity index (χ0) is 31.5. The van der Waals surface area contributed by atoms with Gasteiger partial charge in [0.25, 0.3) is 5.09 Å². The van der Waals surface area contributed by atoms with Gasteiger partial charge in [-0.15, -0.1) is 25.1 Å². The summed E-state index contributed by atoms with van der Waals surface area (Å²) in [6.45, 7) is 3.98. The number of unbranched alkanes of at least 4 members (excludes halogenated alkanes) is 2. The summed E-state index contributed by atoms with van der Waals surface area (Å²) in [6.07, 6.45) is 1.70. The highest BCUT2D eigenvalue weighted by Gasteiger charge is 2.19. The Balaban J connectivity index is 1.41. The number of halogens is 1. The number of hydrogen-bond acceptors (Lipinski definition) is 11. The zero-order valence-corrected chi connectivity index (χ0v) is 25.2. The minimum atomic E-state index is -0.923. The van der Waals surface area contributed by atoms with Crippen LogP contribution in [0.4, 0.5) is 4.79 Å². The SMILES string of the molecule is CCCCc1nc(Cl)c(CO)n1Cc1ccc(-c2ccccc2-c2nnn(C(C)OC(=O)OCCCCO[N+](=O)[O-])n2)cc1. The first-order valence-electron chi connectivity index (χ1n) is 14.2. The molecule has 0 aliphatic heterocycles. The lowest BCUT2D eigenvalue weighted by Crippen LogP contribution is -2.18. The van der Waals surface area contributed by atoms with Crippen LogP contribution in [0.3, 0.4) is 0 Å². The van der Waals surface area contributed by atoms with Crippen LogP contribution in [0.2, 0.25) is 5.15 Å². The summed E-state index contributed by atoms with van der Waals surface area (Å²) in [7, 11) is 0. The fourth-order valence-corrected chi connectivity index (χ4v) is 4.74. The molecule has 0 fully saturated rings. The van der Waals surface area contributed by atoms with Crippen molar-refractivity contribution in [1.82, 2.24) is 29.8 Å². The number of ether oxygens (including phenoxy) is 2. The van der Waals surface area contributed by atoms with Gasteiger partial charge in [0, 0.05) is 18.5 Å². The summed E-state index contributed by atoms with van der Waals surface area (Å²) in [5.41, 5.74) is 4.20. The van der Waals surface area contributed by atoms with E-state index in [2.05, 4.69) is 32.2 Å². The third-order valence-electron chi connectivity index (χ3n) is 6.76. The predicted molar refractivity (Wildman–Crippen MR) is 159 cm³/mol. The number of benzene rings is 2. The summed E-state index contributed by atoms with van der Waals surface area (Å²) >= 11 is 6.30. The summed E-state index contributed by atoms with van der Waals surface area (Å²) in [5, 5.41) is 32.1. The van der Waals surface area contributed by atoms with E-state index in [4.69, 9.17) is 21.1 Å². The molecule has 1 N–H and O–H groups in total. The fraction of sp³-hybridized carbons (Fsp3) is 0.414. The molecule has 0 saturated carbocycles. The molecule has 2 heterocycles. The number of imidazole rings is 1. The molecule has 1 atom stereocenters. The van der Waals surface area contributed by atoms with Crippen molar-refractivity contribution in [1.29, 1.82) is 0 Å². The molecule has 0 spiro atoms. The summed E-state index contributed by atoms with van der Waals surface area (Å²) < 4.78 is 12.2. The van der Waals surface area contributed by atoms with E-state index in [0.717, 1.165) is 47.3 Å². The number of rotatable bonds is 16. The lowest BCUT2D eigenvalue weighted by Gasteiger charge is -2.13. The molecule has 44 heavy (non-hydrogen) atoms. The van der Waals surface area contributed by atoms with Crippen molar-refractivity contribution in [2.45, 2.75) is 65.3 Å². The third kappa shape index (κ3) is 8.51. The van der Waals surface area contributed by atoms with Gasteiger partial charge in [-0.3, -0.25) is 0 Å². The van der Waals surface area contributed by atoms with E-state index in [1.807, 2.05) is 53.1 Å². The Hall–Kier alpha value is -4.56. The number of hydrogen-bond donors (Lipinski definition) is 1. The molecule has 4 aromatic rings. The molecule has 14 nitrogen and oxygen atoms in total. The number of aliphatic hydroxyl groups excluding tert-OH is 1. The van der Waals surface area contributed by atoms with Gasteiger partial charge in [0.2, 0.25) is 12.1 Å². The van der Waals surface area contributed by atoms with Crippen molar-refractivity contribution >= 4 is 17.8 Å². The molecule has 2 aromatic carbocycles. The second kappa shape index (κ2) is 15.8. The lowest BCUT2D eigenvalue weighted by molar-refractivity contribution is -0.757. The molecule has 0 bridgehead atoms. The summed E-state index contributed by atoms with van der Waals surface area (Å²) in [5.74, 6) is 1.21. The molecule has 0 amide bonds. The predicted octanol–water partition coefficient (Wildman–Crippen LogP) is 5.40.